The average molecular weight is 535 g/mol. The molecule has 0 unspecified atom stereocenters. The van der Waals surface area contributed by atoms with Gasteiger partial charge in [0.2, 0.25) is 0 Å². The van der Waals surface area contributed by atoms with Crippen molar-refractivity contribution >= 4 is 33.9 Å². The number of benzene rings is 4. The maximum Gasteiger partial charge on any atom is 0.271 e. The number of aromatic nitrogens is 2. The van der Waals surface area contributed by atoms with Crippen molar-refractivity contribution in [3.05, 3.63) is 136 Å². The third-order valence-corrected chi connectivity index (χ3v) is 7.06. The fourth-order valence-corrected chi connectivity index (χ4v) is 5.09. The van der Waals surface area contributed by atoms with Gasteiger partial charge in [-0.25, -0.2) is 5.43 Å². The lowest BCUT2D eigenvalue weighted by atomic mass is 9.84. The number of aromatic amines is 2. The van der Waals surface area contributed by atoms with Crippen molar-refractivity contribution in [2.75, 3.05) is 0 Å². The summed E-state index contributed by atoms with van der Waals surface area (Å²) in [5.74, 6) is -0.522. The standard InChI is InChI=1S/C33H22N6O2/c34-15-20-4-10-30-26(13-20)28(18-36-30)32(29-19-37-31-11-5-21(16-35)14-27(29)31)23-6-8-24(9-7-23)33(41)39-38-17-22-2-1-3-25(40)12-22/h1-14,17-19,32,36-37,40H,(H,39,41)/b38-17+. The van der Waals surface area contributed by atoms with Gasteiger partial charge in [0.25, 0.3) is 5.91 Å². The molecule has 6 rings (SSSR count). The van der Waals surface area contributed by atoms with E-state index in [0.29, 0.717) is 22.3 Å². The van der Waals surface area contributed by atoms with Crippen LogP contribution in [-0.2, 0) is 0 Å². The third-order valence-electron chi connectivity index (χ3n) is 7.06. The van der Waals surface area contributed by atoms with Crippen LogP contribution in [-0.4, -0.2) is 27.2 Å². The molecular weight excluding hydrogens is 512 g/mol. The molecule has 2 aromatic heterocycles. The van der Waals surface area contributed by atoms with Gasteiger partial charge in [0, 0.05) is 45.7 Å². The fourth-order valence-electron chi connectivity index (χ4n) is 5.09. The Labute approximate surface area is 234 Å². The number of amides is 1. The molecule has 0 fully saturated rings. The Morgan fingerprint density at radius 3 is 2.00 bits per heavy atom. The van der Waals surface area contributed by atoms with Crippen molar-refractivity contribution in [1.29, 1.82) is 10.5 Å². The van der Waals surface area contributed by atoms with Gasteiger partial charge in [-0.05, 0) is 82.9 Å². The van der Waals surface area contributed by atoms with E-state index in [4.69, 9.17) is 0 Å². The molecular formula is C33H22N6O2. The van der Waals surface area contributed by atoms with Crippen LogP contribution < -0.4 is 5.43 Å². The first-order valence-corrected chi connectivity index (χ1v) is 12.8. The normalized spacial score (nSPS) is 11.2. The number of nitrogens with one attached hydrogen (secondary N) is 3. The number of nitriles is 2. The van der Waals surface area contributed by atoms with Gasteiger partial charge in [0.1, 0.15) is 5.75 Å². The number of phenolic OH excluding ortho intramolecular Hbond substituents is 1. The number of phenols is 1. The molecule has 0 atom stereocenters. The minimum atomic E-state index is -0.374. The van der Waals surface area contributed by atoms with Crippen molar-refractivity contribution in [3.8, 4) is 17.9 Å². The Morgan fingerprint density at radius 2 is 1.44 bits per heavy atom. The van der Waals surface area contributed by atoms with Crippen LogP contribution in [0.2, 0.25) is 0 Å². The number of carbonyl (C=O) groups is 1. The molecule has 6 aromatic rings. The highest BCUT2D eigenvalue weighted by atomic mass is 16.3. The molecule has 0 aliphatic rings. The van der Waals surface area contributed by atoms with Crippen LogP contribution in [0.5, 0.6) is 5.75 Å². The summed E-state index contributed by atoms with van der Waals surface area (Å²) in [4.78, 5) is 19.4. The molecule has 0 bridgehead atoms. The molecule has 0 aliphatic heterocycles. The van der Waals surface area contributed by atoms with Gasteiger partial charge in [0.15, 0.2) is 0 Å². The Kier molecular flexibility index (Phi) is 6.49. The van der Waals surface area contributed by atoms with Crippen LogP contribution in [0.4, 0.5) is 0 Å². The van der Waals surface area contributed by atoms with Crippen LogP contribution in [0, 0.1) is 22.7 Å². The summed E-state index contributed by atoms with van der Waals surface area (Å²) in [5.41, 5.74) is 9.38. The van der Waals surface area contributed by atoms with E-state index in [2.05, 4.69) is 32.6 Å². The van der Waals surface area contributed by atoms with Gasteiger partial charge in [0.05, 0.1) is 29.5 Å². The number of aromatic hydroxyl groups is 1. The molecule has 1 amide bonds. The van der Waals surface area contributed by atoms with Gasteiger partial charge < -0.3 is 15.1 Å². The molecule has 41 heavy (non-hydrogen) atoms. The molecule has 0 spiro atoms. The largest absolute Gasteiger partial charge is 0.508 e. The van der Waals surface area contributed by atoms with Gasteiger partial charge >= 0.3 is 0 Å². The maximum atomic E-state index is 12.8. The monoisotopic (exact) mass is 534 g/mol. The summed E-state index contributed by atoms with van der Waals surface area (Å²) in [7, 11) is 0. The molecule has 4 N–H and O–H groups in total. The topological polar surface area (TPSA) is 141 Å². The minimum Gasteiger partial charge on any atom is -0.508 e. The molecule has 0 aliphatic carbocycles. The lowest BCUT2D eigenvalue weighted by Crippen LogP contribution is -2.17. The second-order valence-corrected chi connectivity index (χ2v) is 9.58. The van der Waals surface area contributed by atoms with E-state index in [9.17, 15) is 20.4 Å². The Morgan fingerprint density at radius 1 is 0.829 bits per heavy atom. The second-order valence-electron chi connectivity index (χ2n) is 9.58. The highest BCUT2D eigenvalue weighted by molar-refractivity contribution is 5.95. The summed E-state index contributed by atoms with van der Waals surface area (Å²) in [6.07, 6.45) is 5.35. The zero-order valence-corrected chi connectivity index (χ0v) is 21.6. The highest BCUT2D eigenvalue weighted by Crippen LogP contribution is 2.40. The van der Waals surface area contributed by atoms with Crippen molar-refractivity contribution in [3.63, 3.8) is 0 Å². The number of hydrogen-bond acceptors (Lipinski definition) is 5. The molecule has 4 aromatic carbocycles. The molecule has 196 valence electrons. The minimum absolute atomic E-state index is 0.114. The SMILES string of the molecule is N#Cc1ccc2[nH]cc(C(c3ccc(C(=O)N/N=C/c4cccc(O)c4)cc3)c3c[nH]c4ccc(C#N)cc34)c2c1. The fraction of sp³-hybridized carbons (Fsp3) is 0.0303. The summed E-state index contributed by atoms with van der Waals surface area (Å²) in [5, 5.41) is 34.5. The number of hydrogen-bond donors (Lipinski definition) is 4. The first-order valence-electron chi connectivity index (χ1n) is 12.8. The smallest absolute Gasteiger partial charge is 0.271 e. The Bertz CT molecular complexity index is 1940. The van der Waals surface area contributed by atoms with Gasteiger partial charge in [-0.3, -0.25) is 4.79 Å². The molecule has 0 saturated heterocycles. The number of fused-ring (bicyclic) bond motifs is 2. The van der Waals surface area contributed by atoms with E-state index in [-0.39, 0.29) is 17.6 Å². The Balaban J connectivity index is 1.39. The van der Waals surface area contributed by atoms with Gasteiger partial charge in [-0.2, -0.15) is 15.6 Å². The Hall–Kier alpha value is -6.12. The van der Waals surface area contributed by atoms with Crippen LogP contribution in [0.3, 0.4) is 0 Å². The van der Waals surface area contributed by atoms with E-state index >= 15 is 0 Å². The van der Waals surface area contributed by atoms with E-state index in [1.807, 2.05) is 48.8 Å². The quantitative estimate of drug-likeness (QED) is 0.153. The second kappa shape index (κ2) is 10.6. The molecule has 2 heterocycles. The van der Waals surface area contributed by atoms with Crippen LogP contribution in [0.15, 0.2) is 102 Å². The zero-order valence-electron chi connectivity index (χ0n) is 21.6. The van der Waals surface area contributed by atoms with E-state index in [0.717, 1.165) is 38.5 Å². The number of nitrogens with zero attached hydrogens (tertiary/aromatic N) is 3. The van der Waals surface area contributed by atoms with Crippen molar-refractivity contribution in [1.82, 2.24) is 15.4 Å². The lowest BCUT2D eigenvalue weighted by Gasteiger charge is -2.18. The van der Waals surface area contributed by atoms with Gasteiger partial charge in [-0.1, -0.05) is 24.3 Å². The van der Waals surface area contributed by atoms with Crippen molar-refractivity contribution in [2.24, 2.45) is 5.10 Å². The number of carbonyl (C=O) groups excluding carboxylic acids is 1. The van der Waals surface area contributed by atoms with Gasteiger partial charge in [-0.15, -0.1) is 0 Å². The predicted molar refractivity (Wildman–Crippen MR) is 157 cm³/mol. The highest BCUT2D eigenvalue weighted by Gasteiger charge is 2.24. The predicted octanol–water partition coefficient (Wildman–Crippen LogP) is 6.04. The first-order chi connectivity index (χ1) is 20.0. The lowest BCUT2D eigenvalue weighted by molar-refractivity contribution is 0.0955. The molecule has 8 heteroatoms. The zero-order chi connectivity index (χ0) is 28.3. The van der Waals surface area contributed by atoms with E-state index < -0.39 is 0 Å². The number of hydrazone groups is 1. The van der Waals surface area contributed by atoms with Crippen molar-refractivity contribution < 1.29 is 9.90 Å². The summed E-state index contributed by atoms with van der Waals surface area (Å²) in [6.45, 7) is 0. The molecule has 8 nitrogen and oxygen atoms in total. The summed E-state index contributed by atoms with van der Waals surface area (Å²) < 4.78 is 0. The van der Waals surface area contributed by atoms with Crippen LogP contribution in [0.1, 0.15) is 49.7 Å². The van der Waals surface area contributed by atoms with Crippen LogP contribution >= 0.6 is 0 Å². The third kappa shape index (κ3) is 4.89. The molecule has 0 radical (unpaired) electrons. The first kappa shape index (κ1) is 25.2. The molecule has 0 saturated carbocycles. The number of rotatable bonds is 6. The van der Waals surface area contributed by atoms with Crippen molar-refractivity contribution in [2.45, 2.75) is 5.92 Å². The maximum absolute atomic E-state index is 12.8. The van der Waals surface area contributed by atoms with E-state index in [1.54, 1.807) is 48.5 Å². The van der Waals surface area contributed by atoms with E-state index in [1.165, 1.54) is 6.21 Å². The summed E-state index contributed by atoms with van der Waals surface area (Å²) >= 11 is 0. The van der Waals surface area contributed by atoms with Crippen LogP contribution in [0.25, 0.3) is 21.8 Å². The summed E-state index contributed by atoms with van der Waals surface area (Å²) in [6, 6.07) is 29.4. The average Bonchev–Trinajstić information content (AvgIpc) is 3.61. The number of H-pyrrole nitrogens is 2.